The van der Waals surface area contributed by atoms with Crippen LogP contribution in [0.3, 0.4) is 0 Å². The molecule has 22 heavy (non-hydrogen) atoms. The van der Waals surface area contributed by atoms with Crippen LogP contribution in [0, 0.1) is 0 Å². The first kappa shape index (κ1) is 15.1. The van der Waals surface area contributed by atoms with Crippen LogP contribution in [0.5, 0.6) is 0 Å². The summed E-state index contributed by atoms with van der Waals surface area (Å²) in [4.78, 5) is 19.1. The first-order valence-corrected chi connectivity index (χ1v) is 7.49. The zero-order valence-corrected chi connectivity index (χ0v) is 13.4. The summed E-state index contributed by atoms with van der Waals surface area (Å²) in [6.07, 6.45) is 3.47. The highest BCUT2D eigenvalue weighted by Crippen LogP contribution is 2.23. The van der Waals surface area contributed by atoms with Crippen molar-refractivity contribution in [3.63, 3.8) is 0 Å². The van der Waals surface area contributed by atoms with E-state index >= 15 is 0 Å². The van der Waals surface area contributed by atoms with Crippen molar-refractivity contribution >= 4 is 57.9 Å². The van der Waals surface area contributed by atoms with Gasteiger partial charge >= 0.3 is 0 Å². The van der Waals surface area contributed by atoms with Gasteiger partial charge < -0.3 is 4.98 Å². The minimum atomic E-state index is -0.235. The topological polar surface area (TPSA) is 45.8 Å². The molecule has 6 heteroatoms. The number of nitrogens with zero attached hydrogens (tertiary/aromatic N) is 1. The van der Waals surface area contributed by atoms with Gasteiger partial charge in [-0.2, -0.15) is 0 Å². The average molecular weight is 352 g/mol. The normalized spacial score (nSPS) is 11.4. The van der Waals surface area contributed by atoms with E-state index in [1.807, 2.05) is 6.07 Å². The van der Waals surface area contributed by atoms with Gasteiger partial charge in [-0.15, -0.1) is 0 Å². The van der Waals surface area contributed by atoms with Crippen LogP contribution in [0.25, 0.3) is 23.1 Å². The van der Waals surface area contributed by atoms with Crippen molar-refractivity contribution in [2.24, 2.45) is 0 Å². The third kappa shape index (κ3) is 3.02. The zero-order valence-electron chi connectivity index (χ0n) is 11.1. The Balaban J connectivity index is 2.03. The van der Waals surface area contributed by atoms with Gasteiger partial charge in [0.25, 0.3) is 5.56 Å². The van der Waals surface area contributed by atoms with Gasteiger partial charge in [-0.25, -0.2) is 4.98 Å². The number of nitrogens with one attached hydrogen (secondary N) is 1. The molecule has 0 radical (unpaired) electrons. The molecule has 2 aromatic carbocycles. The van der Waals surface area contributed by atoms with E-state index in [1.165, 1.54) is 0 Å². The van der Waals surface area contributed by atoms with E-state index in [0.29, 0.717) is 31.8 Å². The van der Waals surface area contributed by atoms with E-state index in [1.54, 1.807) is 42.5 Å². The lowest BCUT2D eigenvalue weighted by Crippen LogP contribution is -2.09. The van der Waals surface area contributed by atoms with Crippen molar-refractivity contribution < 1.29 is 0 Å². The second kappa shape index (κ2) is 6.13. The number of fused-ring (bicyclic) bond motifs is 1. The standard InChI is InChI=1S/C16H9Cl3N2O/c17-11-6-4-9(8-13(11)19)5-7-14-20-15-10(16(22)21-14)2-1-3-12(15)18/h1-8H,(H,20,21,22)/b7-5+. The molecule has 0 unspecified atom stereocenters. The summed E-state index contributed by atoms with van der Waals surface area (Å²) in [6.45, 7) is 0. The summed E-state index contributed by atoms with van der Waals surface area (Å²) in [6, 6.07) is 10.3. The Morgan fingerprint density at radius 1 is 0.955 bits per heavy atom. The number of rotatable bonds is 2. The molecule has 3 rings (SSSR count). The Morgan fingerprint density at radius 2 is 1.77 bits per heavy atom. The number of benzene rings is 2. The minimum Gasteiger partial charge on any atom is -0.306 e. The molecule has 0 amide bonds. The van der Waals surface area contributed by atoms with E-state index in [4.69, 9.17) is 34.8 Å². The van der Waals surface area contributed by atoms with Crippen LogP contribution in [-0.2, 0) is 0 Å². The highest BCUT2D eigenvalue weighted by molar-refractivity contribution is 6.42. The van der Waals surface area contributed by atoms with Crippen LogP contribution in [0.1, 0.15) is 11.4 Å². The third-order valence-electron chi connectivity index (χ3n) is 3.08. The molecule has 3 nitrogen and oxygen atoms in total. The largest absolute Gasteiger partial charge is 0.306 e. The zero-order chi connectivity index (χ0) is 15.7. The van der Waals surface area contributed by atoms with E-state index in [2.05, 4.69) is 9.97 Å². The van der Waals surface area contributed by atoms with Crippen molar-refractivity contribution in [3.8, 4) is 0 Å². The fourth-order valence-electron chi connectivity index (χ4n) is 2.01. The number of hydrogen-bond acceptors (Lipinski definition) is 2. The highest BCUT2D eigenvalue weighted by atomic mass is 35.5. The van der Waals surface area contributed by atoms with Gasteiger partial charge in [0, 0.05) is 0 Å². The first-order chi connectivity index (χ1) is 10.5. The van der Waals surface area contributed by atoms with Crippen molar-refractivity contribution in [3.05, 3.63) is 73.2 Å². The second-order valence-electron chi connectivity index (χ2n) is 4.59. The maximum absolute atomic E-state index is 12.0. The maximum atomic E-state index is 12.0. The molecule has 0 saturated carbocycles. The molecule has 0 aliphatic heterocycles. The molecule has 0 spiro atoms. The monoisotopic (exact) mass is 350 g/mol. The van der Waals surface area contributed by atoms with Gasteiger partial charge in [0.05, 0.1) is 26.0 Å². The van der Waals surface area contributed by atoms with E-state index in [9.17, 15) is 4.79 Å². The molecule has 110 valence electrons. The lowest BCUT2D eigenvalue weighted by atomic mass is 10.2. The molecular weight excluding hydrogens is 343 g/mol. The molecule has 1 heterocycles. The highest BCUT2D eigenvalue weighted by Gasteiger charge is 2.05. The smallest absolute Gasteiger partial charge is 0.259 e. The van der Waals surface area contributed by atoms with Crippen LogP contribution < -0.4 is 5.56 Å². The molecule has 0 atom stereocenters. The van der Waals surface area contributed by atoms with Crippen LogP contribution in [0.4, 0.5) is 0 Å². The van der Waals surface area contributed by atoms with E-state index < -0.39 is 0 Å². The molecule has 0 fully saturated rings. The predicted octanol–water partition coefficient (Wildman–Crippen LogP) is 5.05. The summed E-state index contributed by atoms with van der Waals surface area (Å²) >= 11 is 17.9. The van der Waals surface area contributed by atoms with Gasteiger partial charge in [-0.1, -0.05) is 53.0 Å². The van der Waals surface area contributed by atoms with Crippen LogP contribution in [0.15, 0.2) is 41.2 Å². The van der Waals surface area contributed by atoms with Gasteiger partial charge in [-0.05, 0) is 35.9 Å². The molecule has 1 N–H and O–H groups in total. The Labute approximate surface area is 141 Å². The number of para-hydroxylation sites is 1. The number of halogens is 3. The molecule has 0 aliphatic rings. The molecule has 3 aromatic rings. The Hall–Kier alpha value is -1.81. The predicted molar refractivity (Wildman–Crippen MR) is 92.8 cm³/mol. The van der Waals surface area contributed by atoms with Crippen molar-refractivity contribution in [2.75, 3.05) is 0 Å². The average Bonchev–Trinajstić information content (AvgIpc) is 2.50. The number of aromatic amines is 1. The molecule has 0 bridgehead atoms. The van der Waals surface area contributed by atoms with Crippen LogP contribution in [0.2, 0.25) is 15.1 Å². The number of H-pyrrole nitrogens is 1. The second-order valence-corrected chi connectivity index (χ2v) is 5.82. The molecule has 0 aliphatic carbocycles. The van der Waals surface area contributed by atoms with Crippen LogP contribution in [-0.4, -0.2) is 9.97 Å². The van der Waals surface area contributed by atoms with Gasteiger partial charge in [0.1, 0.15) is 5.82 Å². The van der Waals surface area contributed by atoms with Crippen molar-refractivity contribution in [1.82, 2.24) is 9.97 Å². The molecule has 1 aromatic heterocycles. The van der Waals surface area contributed by atoms with Crippen molar-refractivity contribution in [2.45, 2.75) is 0 Å². The molecule has 0 saturated heterocycles. The Bertz CT molecular complexity index is 948. The number of hydrogen-bond donors (Lipinski definition) is 1. The fourth-order valence-corrected chi connectivity index (χ4v) is 2.54. The molecular formula is C16H9Cl3N2O. The summed E-state index contributed by atoms with van der Waals surface area (Å²) in [5.41, 5.74) is 1.08. The summed E-state index contributed by atoms with van der Waals surface area (Å²) in [7, 11) is 0. The lowest BCUT2D eigenvalue weighted by molar-refractivity contribution is 1.14. The van der Waals surface area contributed by atoms with E-state index in [-0.39, 0.29) is 5.56 Å². The third-order valence-corrected chi connectivity index (χ3v) is 4.13. The van der Waals surface area contributed by atoms with Crippen LogP contribution >= 0.6 is 34.8 Å². The summed E-state index contributed by atoms with van der Waals surface area (Å²) < 4.78 is 0. The van der Waals surface area contributed by atoms with Crippen molar-refractivity contribution in [1.29, 1.82) is 0 Å². The summed E-state index contributed by atoms with van der Waals surface area (Å²) in [5, 5.41) is 1.85. The first-order valence-electron chi connectivity index (χ1n) is 6.36. The number of aromatic nitrogens is 2. The maximum Gasteiger partial charge on any atom is 0.259 e. The Kier molecular flexibility index (Phi) is 4.21. The summed E-state index contributed by atoms with van der Waals surface area (Å²) in [5.74, 6) is 0.414. The van der Waals surface area contributed by atoms with Gasteiger partial charge in [0.2, 0.25) is 0 Å². The minimum absolute atomic E-state index is 0.235. The Morgan fingerprint density at radius 3 is 2.55 bits per heavy atom. The SMILES string of the molecule is O=c1[nH]c(/C=C/c2ccc(Cl)c(Cl)c2)nc2c(Cl)cccc12. The quantitative estimate of drug-likeness (QED) is 0.702. The fraction of sp³-hybridized carbons (Fsp3) is 0. The van der Waals surface area contributed by atoms with Gasteiger partial charge in [-0.3, -0.25) is 4.79 Å². The van der Waals surface area contributed by atoms with E-state index in [0.717, 1.165) is 5.56 Å². The van der Waals surface area contributed by atoms with Gasteiger partial charge in [0.15, 0.2) is 0 Å². The lowest BCUT2D eigenvalue weighted by Gasteiger charge is -2.01.